The lowest BCUT2D eigenvalue weighted by Gasteiger charge is -1.92. The molecule has 4 nitrogen and oxygen atoms in total. The van der Waals surface area contributed by atoms with E-state index < -0.39 is 11.0 Å². The Morgan fingerprint density at radius 2 is 2.00 bits per heavy atom. The standard InChI is InChI=1S/C9H6N2O2S/c12-9-7-8(14(13)11-9)5-3-1-2-4-6(5)10-7/h1-4,10H,(H,11,12). The molecule has 1 aliphatic heterocycles. The first-order valence-electron chi connectivity index (χ1n) is 4.11. The highest BCUT2D eigenvalue weighted by Gasteiger charge is 2.29. The SMILES string of the molecule is O=C1NS(=O)c2c1[nH]c1ccccc21. The zero-order valence-electron chi connectivity index (χ0n) is 7.03. The van der Waals surface area contributed by atoms with Crippen LogP contribution >= 0.6 is 0 Å². The molecule has 2 aromatic rings. The molecule has 0 bridgehead atoms. The Bertz CT molecular complexity index is 573. The van der Waals surface area contributed by atoms with Gasteiger partial charge < -0.3 is 4.98 Å². The largest absolute Gasteiger partial charge is 0.349 e. The van der Waals surface area contributed by atoms with Crippen LogP contribution in [-0.4, -0.2) is 15.1 Å². The highest BCUT2D eigenvalue weighted by molar-refractivity contribution is 7.84. The van der Waals surface area contributed by atoms with Crippen LogP contribution in [-0.2, 0) is 11.0 Å². The fourth-order valence-corrected chi connectivity index (χ4v) is 2.73. The molecule has 1 aromatic carbocycles. The van der Waals surface area contributed by atoms with Gasteiger partial charge in [0.1, 0.15) is 5.69 Å². The maximum atomic E-state index is 11.5. The lowest BCUT2D eigenvalue weighted by molar-refractivity contribution is 0.0982. The van der Waals surface area contributed by atoms with Crippen LogP contribution in [0.3, 0.4) is 0 Å². The normalized spacial score (nSPS) is 19.7. The van der Waals surface area contributed by atoms with E-state index in [0.717, 1.165) is 10.9 Å². The van der Waals surface area contributed by atoms with E-state index in [2.05, 4.69) is 9.71 Å². The molecule has 1 atom stereocenters. The molecule has 1 aromatic heterocycles. The van der Waals surface area contributed by atoms with Gasteiger partial charge in [0.2, 0.25) is 0 Å². The maximum absolute atomic E-state index is 11.5. The number of hydrogen-bond donors (Lipinski definition) is 2. The Kier molecular flexibility index (Phi) is 1.36. The number of rotatable bonds is 0. The molecule has 0 saturated heterocycles. The molecule has 0 radical (unpaired) electrons. The van der Waals surface area contributed by atoms with Crippen LogP contribution in [0.5, 0.6) is 0 Å². The molecule has 3 rings (SSSR count). The number of amides is 1. The van der Waals surface area contributed by atoms with Crippen molar-refractivity contribution in [2.24, 2.45) is 0 Å². The van der Waals surface area contributed by atoms with Crippen LogP contribution in [0.25, 0.3) is 10.9 Å². The molecule has 0 fully saturated rings. The van der Waals surface area contributed by atoms with Gasteiger partial charge in [0, 0.05) is 10.9 Å². The van der Waals surface area contributed by atoms with E-state index in [9.17, 15) is 9.00 Å². The van der Waals surface area contributed by atoms with Crippen LogP contribution in [0, 0.1) is 0 Å². The van der Waals surface area contributed by atoms with E-state index in [1.807, 2.05) is 24.3 Å². The highest BCUT2D eigenvalue weighted by Crippen LogP contribution is 2.28. The summed E-state index contributed by atoms with van der Waals surface area (Å²) in [6, 6.07) is 7.44. The molecule has 0 saturated carbocycles. The van der Waals surface area contributed by atoms with E-state index in [4.69, 9.17) is 0 Å². The van der Waals surface area contributed by atoms with Gasteiger partial charge in [0.05, 0.1) is 4.90 Å². The van der Waals surface area contributed by atoms with E-state index in [0.29, 0.717) is 10.6 Å². The predicted molar refractivity (Wildman–Crippen MR) is 52.2 cm³/mol. The third kappa shape index (κ3) is 0.820. The molecule has 70 valence electrons. The molecule has 2 heterocycles. The van der Waals surface area contributed by atoms with E-state index in [-0.39, 0.29) is 5.91 Å². The molecule has 0 aliphatic carbocycles. The van der Waals surface area contributed by atoms with Gasteiger partial charge in [0.15, 0.2) is 11.0 Å². The summed E-state index contributed by atoms with van der Waals surface area (Å²) in [6.07, 6.45) is 0. The summed E-state index contributed by atoms with van der Waals surface area (Å²) in [5.74, 6) is -0.297. The van der Waals surface area contributed by atoms with E-state index in [1.54, 1.807) is 0 Å². The van der Waals surface area contributed by atoms with Gasteiger partial charge in [-0.05, 0) is 6.07 Å². The van der Waals surface area contributed by atoms with Gasteiger partial charge >= 0.3 is 0 Å². The summed E-state index contributed by atoms with van der Waals surface area (Å²) in [5, 5.41) is 0.846. The zero-order chi connectivity index (χ0) is 9.71. The number of nitrogens with one attached hydrogen (secondary N) is 2. The topological polar surface area (TPSA) is 62.0 Å². The molecule has 2 N–H and O–H groups in total. The molecular weight excluding hydrogens is 200 g/mol. The monoisotopic (exact) mass is 206 g/mol. The smallest absolute Gasteiger partial charge is 0.280 e. The fourth-order valence-electron chi connectivity index (χ4n) is 1.65. The molecule has 5 heteroatoms. The Balaban J connectivity index is 2.49. The summed E-state index contributed by atoms with van der Waals surface area (Å²) in [7, 11) is -1.40. The van der Waals surface area contributed by atoms with Crippen LogP contribution in [0.1, 0.15) is 10.5 Å². The van der Waals surface area contributed by atoms with Gasteiger partial charge in [-0.15, -0.1) is 0 Å². The third-order valence-corrected chi connectivity index (χ3v) is 3.42. The van der Waals surface area contributed by atoms with Crippen molar-refractivity contribution in [3.05, 3.63) is 30.0 Å². The van der Waals surface area contributed by atoms with Gasteiger partial charge in [-0.25, -0.2) is 4.21 Å². The average molecular weight is 206 g/mol. The third-order valence-electron chi connectivity index (χ3n) is 2.26. The quantitative estimate of drug-likeness (QED) is 0.673. The number of benzene rings is 1. The van der Waals surface area contributed by atoms with Crippen LogP contribution in [0.4, 0.5) is 0 Å². The molecular formula is C9H6N2O2S. The lowest BCUT2D eigenvalue weighted by Crippen LogP contribution is -2.16. The minimum atomic E-state index is -1.40. The summed E-state index contributed by atoms with van der Waals surface area (Å²) in [5.41, 5.74) is 1.27. The lowest BCUT2D eigenvalue weighted by atomic mass is 10.2. The van der Waals surface area contributed by atoms with Gasteiger partial charge in [-0.1, -0.05) is 18.2 Å². The Labute approximate surface area is 81.9 Å². The number of carbonyl (C=O) groups excluding carboxylic acids is 1. The predicted octanol–water partition coefficient (Wildman–Crippen LogP) is 0.934. The summed E-state index contributed by atoms with van der Waals surface area (Å²) in [6.45, 7) is 0. The fraction of sp³-hybridized carbons (Fsp3) is 0. The minimum Gasteiger partial charge on any atom is -0.349 e. The van der Waals surface area contributed by atoms with Crippen LogP contribution in [0.2, 0.25) is 0 Å². The molecule has 0 spiro atoms. The average Bonchev–Trinajstić information content (AvgIpc) is 2.66. The number of hydrogen-bond acceptors (Lipinski definition) is 2. The molecule has 14 heavy (non-hydrogen) atoms. The second kappa shape index (κ2) is 2.45. The van der Waals surface area contributed by atoms with Crippen molar-refractivity contribution in [3.63, 3.8) is 0 Å². The molecule has 1 unspecified atom stereocenters. The zero-order valence-corrected chi connectivity index (χ0v) is 7.85. The summed E-state index contributed by atoms with van der Waals surface area (Å²) >= 11 is 0. The first kappa shape index (κ1) is 7.75. The van der Waals surface area contributed by atoms with Gasteiger partial charge in [0.25, 0.3) is 5.91 Å². The van der Waals surface area contributed by atoms with E-state index in [1.165, 1.54) is 0 Å². The molecule has 1 amide bonds. The van der Waals surface area contributed by atoms with Crippen molar-refractivity contribution in [3.8, 4) is 0 Å². The number of para-hydroxylation sites is 1. The second-order valence-corrected chi connectivity index (χ2v) is 4.22. The number of fused-ring (bicyclic) bond motifs is 3. The van der Waals surface area contributed by atoms with Crippen molar-refractivity contribution in [2.45, 2.75) is 4.90 Å². The van der Waals surface area contributed by atoms with Gasteiger partial charge in [-0.3, -0.25) is 9.52 Å². The summed E-state index contributed by atoms with van der Waals surface area (Å²) in [4.78, 5) is 14.8. The number of aromatic amines is 1. The first-order chi connectivity index (χ1) is 6.77. The first-order valence-corrected chi connectivity index (χ1v) is 5.26. The van der Waals surface area contributed by atoms with Crippen molar-refractivity contribution < 1.29 is 9.00 Å². The Morgan fingerprint density at radius 3 is 2.86 bits per heavy atom. The minimum absolute atomic E-state index is 0.297. The Morgan fingerprint density at radius 1 is 1.21 bits per heavy atom. The Hall–Kier alpha value is -1.62. The number of carbonyl (C=O) groups is 1. The maximum Gasteiger partial charge on any atom is 0.280 e. The summed E-state index contributed by atoms with van der Waals surface area (Å²) < 4.78 is 13.9. The second-order valence-electron chi connectivity index (χ2n) is 3.07. The van der Waals surface area contributed by atoms with Crippen LogP contribution < -0.4 is 4.72 Å². The van der Waals surface area contributed by atoms with Crippen molar-refractivity contribution >= 4 is 27.8 Å². The number of aromatic nitrogens is 1. The number of H-pyrrole nitrogens is 1. The molecule has 1 aliphatic rings. The van der Waals surface area contributed by atoms with E-state index >= 15 is 0 Å². The highest BCUT2D eigenvalue weighted by atomic mass is 32.2. The van der Waals surface area contributed by atoms with Crippen molar-refractivity contribution in [1.29, 1.82) is 0 Å². The van der Waals surface area contributed by atoms with Gasteiger partial charge in [-0.2, -0.15) is 0 Å². The van der Waals surface area contributed by atoms with Crippen molar-refractivity contribution in [1.82, 2.24) is 9.71 Å². The van der Waals surface area contributed by atoms with Crippen molar-refractivity contribution in [2.75, 3.05) is 0 Å². The van der Waals surface area contributed by atoms with Crippen LogP contribution in [0.15, 0.2) is 29.2 Å².